The normalized spacial score (nSPS) is 19.3. The van der Waals surface area contributed by atoms with Crippen molar-refractivity contribution >= 4 is 11.6 Å². The molecule has 1 aliphatic heterocycles. The van der Waals surface area contributed by atoms with Crippen LogP contribution in [0.25, 0.3) is 0 Å². The average Bonchev–Trinajstić information content (AvgIpc) is 2.82. The Balaban J connectivity index is 2.22. The Kier molecular flexibility index (Phi) is 4.19. The molecular formula is C13H20F2N4. The van der Waals surface area contributed by atoms with E-state index < -0.39 is 11.6 Å². The lowest BCUT2D eigenvalue weighted by Gasteiger charge is -2.22. The van der Waals surface area contributed by atoms with Crippen LogP contribution < -0.4 is 10.2 Å². The van der Waals surface area contributed by atoms with Gasteiger partial charge in [-0.2, -0.15) is 0 Å². The summed E-state index contributed by atoms with van der Waals surface area (Å²) in [6.07, 6.45) is 0.960. The van der Waals surface area contributed by atoms with Gasteiger partial charge in [0.2, 0.25) is 0 Å². The number of nitrogens with zero attached hydrogens (tertiary/aromatic N) is 3. The number of halogens is 2. The third-order valence-corrected chi connectivity index (χ3v) is 3.45. The van der Waals surface area contributed by atoms with E-state index in [-0.39, 0.29) is 11.6 Å². The van der Waals surface area contributed by atoms with Crippen LogP contribution in [0, 0.1) is 11.6 Å². The van der Waals surface area contributed by atoms with E-state index in [2.05, 4.69) is 15.2 Å². The molecule has 0 aromatic carbocycles. The minimum absolute atomic E-state index is 0.118. The lowest BCUT2D eigenvalue weighted by Crippen LogP contribution is -2.32. The van der Waals surface area contributed by atoms with Gasteiger partial charge in [-0.05, 0) is 27.4 Å². The monoisotopic (exact) mass is 270 g/mol. The molecule has 1 unspecified atom stereocenters. The number of aromatic nitrogens is 1. The van der Waals surface area contributed by atoms with Crippen LogP contribution in [0.3, 0.4) is 0 Å². The summed E-state index contributed by atoms with van der Waals surface area (Å²) in [6, 6.07) is 1.29. The molecule has 1 aliphatic rings. The van der Waals surface area contributed by atoms with E-state index in [4.69, 9.17) is 0 Å². The highest BCUT2D eigenvalue weighted by molar-refractivity contribution is 5.50. The highest BCUT2D eigenvalue weighted by Crippen LogP contribution is 2.26. The van der Waals surface area contributed by atoms with Gasteiger partial charge in [0.25, 0.3) is 0 Å². The van der Waals surface area contributed by atoms with Crippen molar-refractivity contribution in [1.29, 1.82) is 0 Å². The van der Waals surface area contributed by atoms with Gasteiger partial charge in [0, 0.05) is 31.7 Å². The summed E-state index contributed by atoms with van der Waals surface area (Å²) < 4.78 is 27.4. The van der Waals surface area contributed by atoms with Crippen molar-refractivity contribution < 1.29 is 8.78 Å². The Bertz CT molecular complexity index is 451. The Labute approximate surface area is 112 Å². The molecule has 1 fully saturated rings. The third-order valence-electron chi connectivity index (χ3n) is 3.45. The molecule has 19 heavy (non-hydrogen) atoms. The first kappa shape index (κ1) is 14.0. The zero-order valence-corrected chi connectivity index (χ0v) is 11.6. The van der Waals surface area contributed by atoms with Gasteiger partial charge >= 0.3 is 0 Å². The highest BCUT2D eigenvalue weighted by Gasteiger charge is 2.27. The smallest absolute Gasteiger partial charge is 0.168 e. The predicted molar refractivity (Wildman–Crippen MR) is 72.6 cm³/mol. The lowest BCUT2D eigenvalue weighted by molar-refractivity contribution is 0.315. The first-order valence-electron chi connectivity index (χ1n) is 6.54. The highest BCUT2D eigenvalue weighted by atomic mass is 19.1. The molecule has 106 valence electrons. The number of anilines is 2. The number of rotatable bonds is 4. The summed E-state index contributed by atoms with van der Waals surface area (Å²) >= 11 is 0. The molecule has 0 saturated carbocycles. The summed E-state index contributed by atoms with van der Waals surface area (Å²) in [5, 5.41) is 2.81. The van der Waals surface area contributed by atoms with Gasteiger partial charge in [-0.3, -0.25) is 0 Å². The Morgan fingerprint density at radius 2 is 2.16 bits per heavy atom. The maximum atomic E-state index is 13.9. The van der Waals surface area contributed by atoms with Crippen LogP contribution in [0.4, 0.5) is 20.4 Å². The fourth-order valence-electron chi connectivity index (χ4n) is 2.33. The second kappa shape index (κ2) is 5.69. The molecule has 2 heterocycles. The van der Waals surface area contributed by atoms with E-state index >= 15 is 0 Å². The number of pyridine rings is 1. The van der Waals surface area contributed by atoms with Crippen LogP contribution in [0.2, 0.25) is 0 Å². The van der Waals surface area contributed by atoms with Crippen molar-refractivity contribution in [2.24, 2.45) is 0 Å². The van der Waals surface area contributed by atoms with E-state index in [9.17, 15) is 8.78 Å². The molecular weight excluding hydrogens is 250 g/mol. The molecule has 0 spiro atoms. The maximum Gasteiger partial charge on any atom is 0.168 e. The minimum atomic E-state index is -0.647. The largest absolute Gasteiger partial charge is 0.368 e. The number of nitrogens with one attached hydrogen (secondary N) is 1. The van der Waals surface area contributed by atoms with Gasteiger partial charge in [-0.15, -0.1) is 0 Å². The van der Waals surface area contributed by atoms with Crippen molar-refractivity contribution in [2.45, 2.75) is 19.4 Å². The first-order chi connectivity index (χ1) is 9.02. The van der Waals surface area contributed by atoms with E-state index in [1.165, 1.54) is 0 Å². The second-order valence-electron chi connectivity index (χ2n) is 5.01. The van der Waals surface area contributed by atoms with Crippen LogP contribution in [-0.2, 0) is 0 Å². The summed E-state index contributed by atoms with van der Waals surface area (Å²) in [7, 11) is 4.01. The summed E-state index contributed by atoms with van der Waals surface area (Å²) in [5.41, 5.74) is 0. The lowest BCUT2D eigenvalue weighted by atomic mass is 10.2. The van der Waals surface area contributed by atoms with Crippen LogP contribution in [0.15, 0.2) is 6.07 Å². The molecule has 0 aliphatic carbocycles. The Morgan fingerprint density at radius 3 is 2.74 bits per heavy atom. The van der Waals surface area contributed by atoms with E-state index in [0.29, 0.717) is 19.1 Å². The molecule has 1 aromatic rings. The Morgan fingerprint density at radius 1 is 1.42 bits per heavy atom. The van der Waals surface area contributed by atoms with Gasteiger partial charge in [-0.1, -0.05) is 0 Å². The predicted octanol–water partition coefficient (Wildman–Crippen LogP) is 1.93. The van der Waals surface area contributed by atoms with Crippen molar-refractivity contribution in [3.63, 3.8) is 0 Å². The SMILES string of the molecule is CCNc1nc(N2CCC(N(C)C)C2)c(F)cc1F. The molecule has 1 saturated heterocycles. The summed E-state index contributed by atoms with van der Waals surface area (Å²) in [6.45, 7) is 3.86. The summed E-state index contributed by atoms with van der Waals surface area (Å²) in [5.74, 6) is -0.890. The van der Waals surface area contributed by atoms with Crippen LogP contribution in [0.5, 0.6) is 0 Å². The van der Waals surface area contributed by atoms with Gasteiger partial charge in [0.1, 0.15) is 0 Å². The minimum Gasteiger partial charge on any atom is -0.368 e. The fourth-order valence-corrected chi connectivity index (χ4v) is 2.33. The molecule has 0 amide bonds. The quantitative estimate of drug-likeness (QED) is 0.906. The molecule has 2 rings (SSSR count). The van der Waals surface area contributed by atoms with Crippen molar-refractivity contribution in [2.75, 3.05) is 43.9 Å². The number of hydrogen-bond acceptors (Lipinski definition) is 4. The Hall–Kier alpha value is -1.43. The molecule has 1 aromatic heterocycles. The standard InChI is InChI=1S/C13H20F2N4/c1-4-16-12-10(14)7-11(15)13(17-12)19-6-5-9(8-19)18(2)3/h7,9H,4-6,8H2,1-3H3,(H,16,17). The summed E-state index contributed by atoms with van der Waals surface area (Å²) in [4.78, 5) is 8.08. The average molecular weight is 270 g/mol. The molecule has 1 atom stereocenters. The number of hydrogen-bond donors (Lipinski definition) is 1. The zero-order chi connectivity index (χ0) is 14.0. The van der Waals surface area contributed by atoms with Crippen molar-refractivity contribution in [3.05, 3.63) is 17.7 Å². The molecule has 6 heteroatoms. The van der Waals surface area contributed by atoms with Crippen LogP contribution in [0.1, 0.15) is 13.3 Å². The molecule has 1 N–H and O–H groups in total. The zero-order valence-electron chi connectivity index (χ0n) is 11.6. The van der Waals surface area contributed by atoms with Crippen LogP contribution >= 0.6 is 0 Å². The molecule has 0 bridgehead atoms. The topological polar surface area (TPSA) is 31.4 Å². The fraction of sp³-hybridized carbons (Fsp3) is 0.615. The first-order valence-corrected chi connectivity index (χ1v) is 6.54. The van der Waals surface area contributed by atoms with Gasteiger partial charge < -0.3 is 15.1 Å². The third kappa shape index (κ3) is 2.94. The maximum absolute atomic E-state index is 13.9. The molecule has 0 radical (unpaired) electrons. The molecule has 4 nitrogen and oxygen atoms in total. The van der Waals surface area contributed by atoms with Gasteiger partial charge in [0.15, 0.2) is 23.3 Å². The van der Waals surface area contributed by atoms with Gasteiger partial charge in [-0.25, -0.2) is 13.8 Å². The van der Waals surface area contributed by atoms with E-state index in [0.717, 1.165) is 19.0 Å². The van der Waals surface area contributed by atoms with Gasteiger partial charge in [0.05, 0.1) is 0 Å². The van der Waals surface area contributed by atoms with Crippen molar-refractivity contribution in [1.82, 2.24) is 9.88 Å². The van der Waals surface area contributed by atoms with Crippen LogP contribution in [-0.4, -0.2) is 49.7 Å². The second-order valence-corrected chi connectivity index (χ2v) is 5.01. The van der Waals surface area contributed by atoms with Crippen molar-refractivity contribution in [3.8, 4) is 0 Å². The van der Waals surface area contributed by atoms with E-state index in [1.807, 2.05) is 25.9 Å². The number of likely N-dealkylation sites (N-methyl/N-ethyl adjacent to an activating group) is 1. The van der Waals surface area contributed by atoms with E-state index in [1.54, 1.807) is 0 Å².